The van der Waals surface area contributed by atoms with Crippen LogP contribution in [0.25, 0.3) is 11.0 Å². The zero-order valence-electron chi connectivity index (χ0n) is 14.7. The van der Waals surface area contributed by atoms with E-state index in [2.05, 4.69) is 15.0 Å². The molecule has 0 bridgehead atoms. The van der Waals surface area contributed by atoms with Crippen LogP contribution in [-0.4, -0.2) is 32.3 Å². The minimum atomic E-state index is -2.95. The Bertz CT molecular complexity index is 1210. The number of carbonyl (C=O) groups is 1. The molecule has 3 aromatic heterocycles. The molecule has 29 heavy (non-hydrogen) atoms. The number of oxazole rings is 1. The highest BCUT2D eigenvalue weighted by Gasteiger charge is 2.39. The fourth-order valence-electron chi connectivity index (χ4n) is 3.65. The summed E-state index contributed by atoms with van der Waals surface area (Å²) in [6, 6.07) is 4.89. The van der Waals surface area contributed by atoms with Crippen LogP contribution in [0.4, 0.5) is 13.2 Å². The minimum Gasteiger partial charge on any atom is -0.458 e. The summed E-state index contributed by atoms with van der Waals surface area (Å²) in [6.07, 6.45) is -0.194. The molecular formula is C19H13F3N4O3. The number of carbonyl (C=O) groups excluding carboxylic acids is 1. The molecule has 0 fully saturated rings. The molecule has 5 rings (SSSR count). The average molecular weight is 402 g/mol. The fraction of sp³-hybridized carbons (Fsp3) is 0.211. The van der Waals surface area contributed by atoms with Gasteiger partial charge in [0, 0.05) is 24.0 Å². The standard InChI is InChI=1S/C19H13F3N4O3/c20-10-1-2-12-9(5-10)6-13(29-12)16-14-11(23-7-24-14)3-4-26(16)19(27)17-15(18(21)22)25-8-28-17/h1-2,5-8,16,18H,3-4H2,(H,23,24)/t16-/m0/s1. The van der Waals surface area contributed by atoms with E-state index >= 15 is 0 Å². The van der Waals surface area contributed by atoms with Crippen molar-refractivity contribution in [3.05, 3.63) is 71.4 Å². The van der Waals surface area contributed by atoms with Crippen LogP contribution in [0.3, 0.4) is 0 Å². The molecule has 148 valence electrons. The van der Waals surface area contributed by atoms with Crippen LogP contribution in [0, 0.1) is 5.82 Å². The molecule has 0 aliphatic carbocycles. The summed E-state index contributed by atoms with van der Waals surface area (Å²) in [7, 11) is 0. The van der Waals surface area contributed by atoms with E-state index in [1.807, 2.05) is 0 Å². The number of imidazole rings is 1. The molecule has 1 amide bonds. The highest BCUT2D eigenvalue weighted by Crippen LogP contribution is 2.38. The second-order valence-corrected chi connectivity index (χ2v) is 6.62. The third-order valence-corrected chi connectivity index (χ3v) is 4.95. The zero-order valence-corrected chi connectivity index (χ0v) is 14.7. The third kappa shape index (κ3) is 2.79. The van der Waals surface area contributed by atoms with Gasteiger partial charge in [-0.1, -0.05) is 0 Å². The smallest absolute Gasteiger partial charge is 0.292 e. The van der Waals surface area contributed by atoms with Gasteiger partial charge in [-0.15, -0.1) is 0 Å². The predicted octanol–water partition coefficient (Wildman–Crippen LogP) is 4.01. The molecule has 4 aromatic rings. The van der Waals surface area contributed by atoms with Crippen molar-refractivity contribution < 1.29 is 26.8 Å². The first-order valence-electron chi connectivity index (χ1n) is 8.76. The van der Waals surface area contributed by atoms with E-state index in [0.29, 0.717) is 28.8 Å². The van der Waals surface area contributed by atoms with E-state index in [4.69, 9.17) is 8.83 Å². The minimum absolute atomic E-state index is 0.216. The molecule has 0 saturated carbocycles. The molecule has 1 aromatic carbocycles. The SMILES string of the molecule is O=C(c1ocnc1C(F)F)N1CCc2[nH]cnc2[C@@H]1c1cc2cc(F)ccc2o1. The van der Waals surface area contributed by atoms with E-state index in [0.717, 1.165) is 12.1 Å². The van der Waals surface area contributed by atoms with Crippen LogP contribution in [0.5, 0.6) is 0 Å². The topological polar surface area (TPSA) is 88.2 Å². The first-order valence-corrected chi connectivity index (χ1v) is 8.76. The number of aromatic amines is 1. The summed E-state index contributed by atoms with van der Waals surface area (Å²) >= 11 is 0. The number of amides is 1. The Labute approximate surface area is 161 Å². The van der Waals surface area contributed by atoms with Crippen molar-refractivity contribution in [1.82, 2.24) is 19.9 Å². The summed E-state index contributed by atoms with van der Waals surface area (Å²) in [4.78, 5) is 25.2. The second-order valence-electron chi connectivity index (χ2n) is 6.62. The van der Waals surface area contributed by atoms with Crippen LogP contribution in [0.2, 0.25) is 0 Å². The Morgan fingerprint density at radius 1 is 1.28 bits per heavy atom. The lowest BCUT2D eigenvalue weighted by Gasteiger charge is -2.33. The van der Waals surface area contributed by atoms with Gasteiger partial charge in [-0.25, -0.2) is 23.1 Å². The largest absolute Gasteiger partial charge is 0.458 e. The Morgan fingerprint density at radius 2 is 2.14 bits per heavy atom. The van der Waals surface area contributed by atoms with Gasteiger partial charge in [0.2, 0.25) is 5.76 Å². The summed E-state index contributed by atoms with van der Waals surface area (Å²) in [5, 5.41) is 0.517. The van der Waals surface area contributed by atoms with E-state index in [1.54, 1.807) is 6.07 Å². The summed E-state index contributed by atoms with van der Waals surface area (Å²) in [5.74, 6) is -1.36. The average Bonchev–Trinajstić information content (AvgIpc) is 3.43. The molecule has 0 spiro atoms. The lowest BCUT2D eigenvalue weighted by molar-refractivity contribution is 0.0625. The van der Waals surface area contributed by atoms with Crippen LogP contribution in [0.1, 0.15) is 45.9 Å². The number of nitrogens with zero attached hydrogens (tertiary/aromatic N) is 3. The van der Waals surface area contributed by atoms with Gasteiger partial charge < -0.3 is 18.7 Å². The van der Waals surface area contributed by atoms with Gasteiger partial charge in [0.15, 0.2) is 12.1 Å². The molecule has 1 aliphatic rings. The summed E-state index contributed by atoms with van der Waals surface area (Å²) < 4.78 is 50.8. The Kier molecular flexibility index (Phi) is 3.93. The number of alkyl halides is 2. The van der Waals surface area contributed by atoms with Crippen molar-refractivity contribution in [1.29, 1.82) is 0 Å². The van der Waals surface area contributed by atoms with Crippen molar-refractivity contribution in [2.75, 3.05) is 6.54 Å². The maximum absolute atomic E-state index is 13.6. The number of fused-ring (bicyclic) bond motifs is 2. The van der Waals surface area contributed by atoms with Crippen LogP contribution in [0.15, 0.2) is 45.8 Å². The Morgan fingerprint density at radius 3 is 2.97 bits per heavy atom. The third-order valence-electron chi connectivity index (χ3n) is 4.95. The van der Waals surface area contributed by atoms with Crippen molar-refractivity contribution in [2.45, 2.75) is 18.9 Å². The Hall–Kier alpha value is -3.56. The lowest BCUT2D eigenvalue weighted by atomic mass is 9.99. The molecule has 0 unspecified atom stereocenters. The zero-order chi connectivity index (χ0) is 20.1. The Balaban J connectivity index is 1.62. The van der Waals surface area contributed by atoms with Crippen LogP contribution >= 0.6 is 0 Å². The van der Waals surface area contributed by atoms with Gasteiger partial charge in [-0.3, -0.25) is 4.79 Å². The number of aromatic nitrogens is 3. The van der Waals surface area contributed by atoms with E-state index < -0.39 is 35.6 Å². The molecule has 0 radical (unpaired) electrons. The number of benzene rings is 1. The first-order chi connectivity index (χ1) is 14.0. The lowest BCUT2D eigenvalue weighted by Crippen LogP contribution is -2.40. The van der Waals surface area contributed by atoms with Crippen molar-refractivity contribution in [3.8, 4) is 0 Å². The highest BCUT2D eigenvalue weighted by atomic mass is 19.3. The molecule has 1 N–H and O–H groups in total. The van der Waals surface area contributed by atoms with Gasteiger partial charge in [-0.05, 0) is 24.3 Å². The van der Waals surface area contributed by atoms with Gasteiger partial charge in [0.05, 0.1) is 12.0 Å². The highest BCUT2D eigenvalue weighted by molar-refractivity contribution is 5.93. The quantitative estimate of drug-likeness (QED) is 0.560. The van der Waals surface area contributed by atoms with Gasteiger partial charge in [0.1, 0.15) is 23.2 Å². The normalized spacial score (nSPS) is 16.6. The van der Waals surface area contributed by atoms with E-state index in [1.165, 1.54) is 29.4 Å². The number of hydrogen-bond donors (Lipinski definition) is 1. The van der Waals surface area contributed by atoms with Gasteiger partial charge in [0.25, 0.3) is 12.3 Å². The summed E-state index contributed by atoms with van der Waals surface area (Å²) in [6.45, 7) is 0.216. The maximum Gasteiger partial charge on any atom is 0.292 e. The number of nitrogens with one attached hydrogen (secondary N) is 1. The number of halogens is 3. The first kappa shape index (κ1) is 17.5. The van der Waals surface area contributed by atoms with Gasteiger partial charge >= 0.3 is 0 Å². The summed E-state index contributed by atoms with van der Waals surface area (Å²) in [5.41, 5.74) is 1.05. The number of rotatable bonds is 3. The van der Waals surface area contributed by atoms with Gasteiger partial charge in [-0.2, -0.15) is 0 Å². The number of furan rings is 1. The van der Waals surface area contributed by atoms with Crippen molar-refractivity contribution >= 4 is 16.9 Å². The van der Waals surface area contributed by atoms with E-state index in [9.17, 15) is 18.0 Å². The van der Waals surface area contributed by atoms with E-state index in [-0.39, 0.29) is 6.54 Å². The number of hydrogen-bond acceptors (Lipinski definition) is 5. The fourth-order valence-corrected chi connectivity index (χ4v) is 3.65. The molecule has 4 heterocycles. The molecule has 1 atom stereocenters. The number of H-pyrrole nitrogens is 1. The molecule has 7 nitrogen and oxygen atoms in total. The molecule has 0 saturated heterocycles. The van der Waals surface area contributed by atoms with Crippen LogP contribution in [-0.2, 0) is 6.42 Å². The monoisotopic (exact) mass is 402 g/mol. The molecular weight excluding hydrogens is 389 g/mol. The van der Waals surface area contributed by atoms with Crippen molar-refractivity contribution in [3.63, 3.8) is 0 Å². The predicted molar refractivity (Wildman–Crippen MR) is 92.8 cm³/mol. The molecule has 10 heteroatoms. The maximum atomic E-state index is 13.6. The van der Waals surface area contributed by atoms with Crippen LogP contribution < -0.4 is 0 Å². The second kappa shape index (κ2) is 6.50. The van der Waals surface area contributed by atoms with Crippen molar-refractivity contribution in [2.24, 2.45) is 0 Å². The molecule has 1 aliphatic heterocycles.